The predicted molar refractivity (Wildman–Crippen MR) is 115 cm³/mol. The van der Waals surface area contributed by atoms with Gasteiger partial charge in [0.1, 0.15) is 17.4 Å². The van der Waals surface area contributed by atoms with Gasteiger partial charge in [0.25, 0.3) is 0 Å². The second-order valence-corrected chi connectivity index (χ2v) is 8.62. The molecule has 2 heterocycles. The third kappa shape index (κ3) is 4.53. The van der Waals surface area contributed by atoms with Crippen molar-refractivity contribution >= 4 is 17.3 Å². The molecule has 3 aromatic rings. The van der Waals surface area contributed by atoms with Crippen molar-refractivity contribution in [3.8, 4) is 17.1 Å². The monoisotopic (exact) mass is 410 g/mol. The van der Waals surface area contributed by atoms with E-state index < -0.39 is 5.97 Å². The lowest BCUT2D eigenvalue weighted by molar-refractivity contribution is 0.0696. The molecule has 5 nitrogen and oxygen atoms in total. The Bertz CT molecular complexity index is 971. The third-order valence-corrected chi connectivity index (χ3v) is 6.50. The van der Waals surface area contributed by atoms with Crippen LogP contribution in [0.3, 0.4) is 0 Å². The number of hydrogen-bond acceptors (Lipinski definition) is 4. The number of ether oxygens (including phenoxy) is 1. The topological polar surface area (TPSA) is 64.3 Å². The average molecular weight is 411 g/mol. The van der Waals surface area contributed by atoms with Crippen LogP contribution in [0.2, 0.25) is 0 Å². The zero-order valence-corrected chi connectivity index (χ0v) is 17.5. The van der Waals surface area contributed by atoms with Gasteiger partial charge in [0.15, 0.2) is 0 Å². The molecule has 0 spiro atoms. The van der Waals surface area contributed by atoms with Gasteiger partial charge in [-0.2, -0.15) is 0 Å². The Morgan fingerprint density at radius 2 is 2.00 bits per heavy atom. The van der Waals surface area contributed by atoms with Gasteiger partial charge in [-0.1, -0.05) is 37.5 Å². The minimum Gasteiger partial charge on any atom is -0.486 e. The van der Waals surface area contributed by atoms with Gasteiger partial charge in [-0.15, -0.1) is 11.3 Å². The van der Waals surface area contributed by atoms with Crippen molar-refractivity contribution in [3.63, 3.8) is 0 Å². The third-order valence-electron chi connectivity index (χ3n) is 5.68. The highest BCUT2D eigenvalue weighted by Gasteiger charge is 2.23. The molecule has 6 heteroatoms. The minimum absolute atomic E-state index is 0.367. The van der Waals surface area contributed by atoms with Gasteiger partial charge in [-0.05, 0) is 43.9 Å². The van der Waals surface area contributed by atoms with Crippen LogP contribution in [0.25, 0.3) is 11.4 Å². The summed E-state index contributed by atoms with van der Waals surface area (Å²) >= 11 is 1.55. The van der Waals surface area contributed by atoms with Crippen LogP contribution < -0.4 is 4.74 Å². The minimum atomic E-state index is -0.881. The van der Waals surface area contributed by atoms with E-state index in [4.69, 9.17) is 9.72 Å². The lowest BCUT2D eigenvalue weighted by Crippen LogP contribution is -2.16. The van der Waals surface area contributed by atoms with Gasteiger partial charge in [0.05, 0.1) is 17.0 Å². The standard InChI is InChI=1S/C23H26N2O3S/c1-16-19(23(26)27)12-21(25(16)13-17-8-4-2-5-9-17)20-15-29-22(24-20)14-28-18-10-6-3-7-11-18/h3,6-7,10-12,15,17H,2,4-5,8-9,13-14H2,1H3,(H,26,27). The van der Waals surface area contributed by atoms with Gasteiger partial charge >= 0.3 is 5.97 Å². The maximum Gasteiger partial charge on any atom is 0.337 e. The number of benzene rings is 1. The van der Waals surface area contributed by atoms with E-state index in [0.29, 0.717) is 18.1 Å². The Morgan fingerprint density at radius 1 is 1.24 bits per heavy atom. The Balaban J connectivity index is 1.57. The summed E-state index contributed by atoms with van der Waals surface area (Å²) in [4.78, 5) is 16.5. The van der Waals surface area contributed by atoms with Crippen LogP contribution in [0.1, 0.15) is 53.2 Å². The number of thiazole rings is 1. The molecule has 1 aromatic carbocycles. The zero-order chi connectivity index (χ0) is 20.2. The molecule has 4 rings (SSSR count). The normalized spacial score (nSPS) is 14.8. The second-order valence-electron chi connectivity index (χ2n) is 7.68. The fourth-order valence-corrected chi connectivity index (χ4v) is 4.79. The summed E-state index contributed by atoms with van der Waals surface area (Å²) in [5.74, 6) is 0.540. The van der Waals surface area contributed by atoms with E-state index >= 15 is 0 Å². The number of aromatic carboxylic acids is 1. The molecule has 2 aromatic heterocycles. The van der Waals surface area contributed by atoms with Gasteiger partial charge < -0.3 is 14.4 Å². The number of nitrogens with zero attached hydrogens (tertiary/aromatic N) is 2. The first-order valence-electron chi connectivity index (χ1n) is 10.2. The van der Waals surface area contributed by atoms with Crippen molar-refractivity contribution in [1.82, 2.24) is 9.55 Å². The molecule has 0 saturated heterocycles. The number of carbonyl (C=O) groups is 1. The van der Waals surface area contributed by atoms with Crippen molar-refractivity contribution in [1.29, 1.82) is 0 Å². The maximum absolute atomic E-state index is 11.7. The van der Waals surface area contributed by atoms with E-state index in [9.17, 15) is 9.90 Å². The first-order valence-corrected chi connectivity index (χ1v) is 11.1. The maximum atomic E-state index is 11.7. The fraction of sp³-hybridized carbons (Fsp3) is 0.391. The van der Waals surface area contributed by atoms with E-state index in [2.05, 4.69) is 4.57 Å². The highest BCUT2D eigenvalue weighted by molar-refractivity contribution is 7.09. The fourth-order valence-electron chi connectivity index (χ4n) is 4.09. The van der Waals surface area contributed by atoms with Gasteiger partial charge in [-0.25, -0.2) is 9.78 Å². The summed E-state index contributed by atoms with van der Waals surface area (Å²) in [6.45, 7) is 3.17. The smallest absolute Gasteiger partial charge is 0.337 e. The second kappa shape index (κ2) is 8.82. The molecule has 1 fully saturated rings. The molecular formula is C23H26N2O3S. The lowest BCUT2D eigenvalue weighted by atomic mass is 9.89. The van der Waals surface area contributed by atoms with Crippen LogP contribution in [0, 0.1) is 12.8 Å². The van der Waals surface area contributed by atoms with Crippen LogP contribution in [0.4, 0.5) is 0 Å². The molecule has 0 amide bonds. The summed E-state index contributed by atoms with van der Waals surface area (Å²) in [6, 6.07) is 11.5. The van der Waals surface area contributed by atoms with E-state index in [1.807, 2.05) is 42.6 Å². The quantitative estimate of drug-likeness (QED) is 0.536. The van der Waals surface area contributed by atoms with Crippen molar-refractivity contribution in [2.75, 3.05) is 0 Å². The highest BCUT2D eigenvalue weighted by atomic mass is 32.1. The summed E-state index contributed by atoms with van der Waals surface area (Å²) in [5, 5.41) is 12.5. The molecule has 29 heavy (non-hydrogen) atoms. The van der Waals surface area contributed by atoms with Crippen LogP contribution in [0.15, 0.2) is 41.8 Å². The molecule has 152 valence electrons. The predicted octanol–water partition coefficient (Wildman–Crippen LogP) is 5.78. The first kappa shape index (κ1) is 19.7. The zero-order valence-electron chi connectivity index (χ0n) is 16.6. The van der Waals surface area contributed by atoms with Crippen LogP contribution >= 0.6 is 11.3 Å². The van der Waals surface area contributed by atoms with Gasteiger partial charge in [-0.3, -0.25) is 0 Å². The Labute approximate surface area is 175 Å². The lowest BCUT2D eigenvalue weighted by Gasteiger charge is -2.24. The van der Waals surface area contributed by atoms with Crippen LogP contribution in [-0.4, -0.2) is 20.6 Å². The molecule has 0 unspecified atom stereocenters. The molecule has 1 aliphatic rings. The Kier molecular flexibility index (Phi) is 6.00. The molecule has 1 aliphatic carbocycles. The first-order chi connectivity index (χ1) is 14.1. The Hall–Kier alpha value is -2.60. The molecule has 0 aliphatic heterocycles. The van der Waals surface area contributed by atoms with Crippen molar-refractivity contribution in [2.24, 2.45) is 5.92 Å². The number of rotatable bonds is 7. The number of aromatic nitrogens is 2. The molecule has 1 saturated carbocycles. The van der Waals surface area contributed by atoms with E-state index in [1.54, 1.807) is 17.4 Å². The highest BCUT2D eigenvalue weighted by Crippen LogP contribution is 2.32. The van der Waals surface area contributed by atoms with E-state index in [0.717, 1.165) is 34.4 Å². The van der Waals surface area contributed by atoms with Gasteiger partial charge in [0.2, 0.25) is 0 Å². The summed E-state index contributed by atoms with van der Waals surface area (Å²) in [7, 11) is 0. The number of carboxylic acids is 1. The largest absolute Gasteiger partial charge is 0.486 e. The van der Waals surface area contributed by atoms with Crippen molar-refractivity contribution in [2.45, 2.75) is 52.2 Å². The van der Waals surface area contributed by atoms with Crippen molar-refractivity contribution in [3.05, 3.63) is 58.0 Å². The molecular weight excluding hydrogens is 384 g/mol. The summed E-state index contributed by atoms with van der Waals surface area (Å²) in [6.07, 6.45) is 6.28. The van der Waals surface area contributed by atoms with E-state index in [1.165, 1.54) is 32.1 Å². The van der Waals surface area contributed by atoms with Gasteiger partial charge in [0, 0.05) is 17.6 Å². The van der Waals surface area contributed by atoms with Crippen LogP contribution in [0.5, 0.6) is 5.75 Å². The molecule has 0 atom stereocenters. The SMILES string of the molecule is Cc1c(C(=O)O)cc(-c2csc(COc3ccccc3)n2)n1CC1CCCCC1. The molecule has 1 N–H and O–H groups in total. The number of carboxylic acid groups (broad SMARTS) is 1. The molecule has 0 radical (unpaired) electrons. The molecule has 0 bridgehead atoms. The summed E-state index contributed by atoms with van der Waals surface area (Å²) < 4.78 is 7.97. The Morgan fingerprint density at radius 3 is 2.72 bits per heavy atom. The van der Waals surface area contributed by atoms with E-state index in [-0.39, 0.29) is 0 Å². The van der Waals surface area contributed by atoms with Crippen molar-refractivity contribution < 1.29 is 14.6 Å². The summed E-state index contributed by atoms with van der Waals surface area (Å²) in [5.41, 5.74) is 2.90. The van der Waals surface area contributed by atoms with Crippen LogP contribution in [-0.2, 0) is 13.2 Å². The number of para-hydroxylation sites is 1. The average Bonchev–Trinajstić information content (AvgIpc) is 3.33. The number of hydrogen-bond donors (Lipinski definition) is 1.